The standard InChI is InChI=1S/C10H12BrN5O4.Na/c11-10-15-4-7(12)13-2-14-8(4)16(10)9-6(19)5(18)3(1-17)20-9;/h2-3,5-6,9,17-19H,1H2,(H2,12,13,14);/t3-,5-,6-,9-;/m1./s1/i/hD. The van der Waals surface area contributed by atoms with Crippen molar-refractivity contribution in [1.82, 2.24) is 19.5 Å². The minimum atomic E-state index is -1.31. The van der Waals surface area contributed by atoms with Crippen molar-refractivity contribution in [2.75, 3.05) is 6.61 Å². The molecule has 9 nitrogen and oxygen atoms in total. The van der Waals surface area contributed by atoms with Crippen molar-refractivity contribution in [1.29, 1.82) is 5.41 Å². The molecule has 2 aromatic rings. The van der Waals surface area contributed by atoms with E-state index in [-0.39, 0.29) is 50.9 Å². The number of fused-ring (bicyclic) bond motifs is 1. The van der Waals surface area contributed by atoms with Crippen LogP contribution in [0, 0.1) is 5.41 Å². The van der Waals surface area contributed by atoms with Crippen molar-refractivity contribution in [2.24, 2.45) is 0 Å². The smallest absolute Gasteiger partial charge is 0.181 e. The van der Waals surface area contributed by atoms with Gasteiger partial charge in [-0.25, -0.2) is 9.97 Å². The zero-order valence-electron chi connectivity index (χ0n) is 12.0. The van der Waals surface area contributed by atoms with Gasteiger partial charge in [-0.1, -0.05) is 0 Å². The van der Waals surface area contributed by atoms with Crippen molar-refractivity contribution in [3.8, 4) is 0 Å². The maximum atomic E-state index is 10.1. The van der Waals surface area contributed by atoms with E-state index in [0.717, 1.165) is 11.3 Å². The van der Waals surface area contributed by atoms with Crippen molar-refractivity contribution in [2.45, 2.75) is 24.5 Å². The summed E-state index contributed by atoms with van der Waals surface area (Å²) in [6, 6.07) is 0. The number of halogens is 1. The van der Waals surface area contributed by atoms with Gasteiger partial charge in [-0.3, -0.25) is 9.98 Å². The van der Waals surface area contributed by atoms with Crippen LogP contribution in [0.5, 0.6) is 0 Å². The van der Waals surface area contributed by atoms with Gasteiger partial charge >= 0.3 is 0 Å². The molecule has 5 N–H and O–H groups in total. The zero-order chi connectivity index (χ0) is 15.3. The molecule has 4 atom stereocenters. The molecule has 0 amide bonds. The minimum absolute atomic E-state index is 0. The monoisotopic (exact) mass is 369 g/mol. The van der Waals surface area contributed by atoms with Crippen molar-refractivity contribution < 1.29 is 21.5 Å². The van der Waals surface area contributed by atoms with Crippen LogP contribution in [0.3, 0.4) is 0 Å². The summed E-state index contributed by atoms with van der Waals surface area (Å²) in [5.74, 6) is 0. The fourth-order valence-electron chi connectivity index (χ4n) is 2.20. The third-order valence-corrected chi connectivity index (χ3v) is 3.77. The van der Waals surface area contributed by atoms with Gasteiger partial charge in [0.15, 0.2) is 23.4 Å². The number of aliphatic hydroxyl groups is 3. The number of H-pyrrole nitrogens is 1. The maximum absolute atomic E-state index is 10.1. The van der Waals surface area contributed by atoms with E-state index in [2.05, 4.69) is 25.9 Å². The Kier molecular flexibility index (Phi) is 4.76. The van der Waals surface area contributed by atoms with Gasteiger partial charge in [-0.05, 0) is 15.9 Å². The summed E-state index contributed by atoms with van der Waals surface area (Å²) >= 11 is 3.19. The van der Waals surface area contributed by atoms with Gasteiger partial charge in [0.25, 0.3) is 0 Å². The van der Waals surface area contributed by atoms with E-state index in [0.29, 0.717) is 0 Å². The molecule has 1 aliphatic heterocycles. The minimum Gasteiger partial charge on any atom is -0.394 e. The van der Waals surface area contributed by atoms with Crippen LogP contribution in [0.1, 0.15) is 6.23 Å². The Morgan fingerprint density at radius 3 is 2.86 bits per heavy atom. The number of nitrogens with zero attached hydrogens (tertiary/aromatic N) is 3. The number of rotatable bonds is 2. The largest absolute Gasteiger partial charge is 0.394 e. The summed E-state index contributed by atoms with van der Waals surface area (Å²) in [5.41, 5.74) is 0.202. The number of nitrogens with one attached hydrogen (secondary N) is 2. The molecule has 21 heavy (non-hydrogen) atoms. The van der Waals surface area contributed by atoms with Crippen LogP contribution < -0.4 is 5.49 Å². The van der Waals surface area contributed by atoms with E-state index in [9.17, 15) is 10.2 Å². The molecule has 1 aliphatic rings. The topological polar surface area (TPSA) is 140 Å². The summed E-state index contributed by atoms with van der Waals surface area (Å²) < 4.78 is 14.8. The van der Waals surface area contributed by atoms with Crippen LogP contribution in [0.15, 0.2) is 11.1 Å². The molecule has 0 saturated carbocycles. The van der Waals surface area contributed by atoms with Crippen molar-refractivity contribution in [3.63, 3.8) is 0 Å². The van der Waals surface area contributed by atoms with Gasteiger partial charge in [0, 0.05) is 29.6 Å². The van der Waals surface area contributed by atoms with Crippen molar-refractivity contribution in [3.05, 3.63) is 16.5 Å². The molecule has 1 saturated heterocycles. The number of ether oxygens (including phenoxy) is 1. The van der Waals surface area contributed by atoms with Crippen LogP contribution in [-0.4, -0.2) is 89.3 Å². The summed E-state index contributed by atoms with van der Waals surface area (Å²) in [7, 11) is 0. The first-order chi connectivity index (χ1) is 9.95. The SMILES string of the molecule is [2H]n1cnc(=N)c2nc(Br)n([C@@H]3O[C@H](CO)[C@@H](O)[C@H]3O)c21.[Na]. The van der Waals surface area contributed by atoms with Crippen LogP contribution in [0.2, 0.25) is 1.41 Å². The number of aromatic amines is 1. The molecule has 109 valence electrons. The molecule has 1 radical (unpaired) electrons. The van der Waals surface area contributed by atoms with E-state index < -0.39 is 31.1 Å². The second-order valence-corrected chi connectivity index (χ2v) is 5.08. The first-order valence-corrected chi connectivity index (χ1v) is 6.56. The average Bonchev–Trinajstić information content (AvgIpc) is 2.94. The molecule has 0 aliphatic carbocycles. The van der Waals surface area contributed by atoms with Gasteiger partial charge in [0.05, 0.1) is 12.9 Å². The number of aliphatic hydroxyl groups excluding tert-OH is 3. The molecule has 11 heteroatoms. The summed E-state index contributed by atoms with van der Waals surface area (Å²) in [6.45, 7) is -0.453. The number of aromatic nitrogens is 4. The van der Waals surface area contributed by atoms with Crippen molar-refractivity contribution >= 4 is 56.7 Å². The fourth-order valence-corrected chi connectivity index (χ4v) is 2.75. The Bertz CT molecular complexity index is 755. The van der Waals surface area contributed by atoms with Gasteiger partial charge in [0.1, 0.15) is 24.0 Å². The third-order valence-electron chi connectivity index (χ3n) is 3.21. The molecular weight excluding hydrogens is 357 g/mol. The Morgan fingerprint density at radius 1 is 1.52 bits per heavy atom. The Labute approximate surface area is 150 Å². The Morgan fingerprint density at radius 2 is 2.24 bits per heavy atom. The van der Waals surface area contributed by atoms with E-state index in [4.69, 9.17) is 16.7 Å². The normalized spacial score (nSPS) is 29.4. The van der Waals surface area contributed by atoms with Gasteiger partial charge in [-0.2, -0.15) is 0 Å². The predicted molar refractivity (Wildman–Crippen MR) is 74.2 cm³/mol. The first kappa shape index (κ1) is 15.6. The number of hydrogen-bond acceptors (Lipinski definition) is 7. The van der Waals surface area contributed by atoms with Crippen LogP contribution >= 0.6 is 15.9 Å². The molecule has 3 heterocycles. The van der Waals surface area contributed by atoms with E-state index in [1.54, 1.807) is 0 Å². The molecule has 0 aromatic carbocycles. The second kappa shape index (κ2) is 6.42. The zero-order valence-corrected chi connectivity index (χ0v) is 14.6. The van der Waals surface area contributed by atoms with E-state index in [1.807, 2.05) is 0 Å². The van der Waals surface area contributed by atoms with E-state index in [1.165, 1.54) is 4.57 Å². The molecule has 0 unspecified atom stereocenters. The summed E-state index contributed by atoms with van der Waals surface area (Å²) in [6.07, 6.45) is -3.43. The Hall–Kier alpha value is -0.330. The van der Waals surface area contributed by atoms with E-state index >= 15 is 0 Å². The van der Waals surface area contributed by atoms with Gasteiger partial charge < -0.3 is 25.0 Å². The predicted octanol–water partition coefficient (Wildman–Crippen LogP) is -1.77. The first-order valence-electron chi connectivity index (χ1n) is 6.21. The summed E-state index contributed by atoms with van der Waals surface area (Å²) in [5, 5.41) is 36.8. The Balaban J connectivity index is 0.00000176. The molecule has 1 fully saturated rings. The van der Waals surface area contributed by atoms with Crippen LogP contribution in [0.25, 0.3) is 11.2 Å². The van der Waals surface area contributed by atoms with Gasteiger partial charge in [-0.15, -0.1) is 0 Å². The molecular formula is C10H12BrN5NaO4. The maximum Gasteiger partial charge on any atom is 0.181 e. The third kappa shape index (κ3) is 2.70. The second-order valence-electron chi connectivity index (χ2n) is 4.37. The van der Waals surface area contributed by atoms with Gasteiger partial charge in [0.2, 0.25) is 0 Å². The molecule has 3 rings (SSSR count). The average molecular weight is 370 g/mol. The number of imidazole rings is 1. The number of hydrogen-bond donors (Lipinski definition) is 5. The molecule has 0 spiro atoms. The van der Waals surface area contributed by atoms with Crippen LogP contribution in [-0.2, 0) is 4.74 Å². The van der Waals surface area contributed by atoms with Crippen LogP contribution in [0.4, 0.5) is 0 Å². The molecule has 2 aromatic heterocycles. The summed E-state index contributed by atoms with van der Waals surface area (Å²) in [4.78, 5) is 8.68. The molecule has 0 bridgehead atoms. The fraction of sp³-hybridized carbons (Fsp3) is 0.500. The quantitative estimate of drug-likeness (QED) is 0.313.